The molecule has 1 saturated heterocycles. The van der Waals surface area contributed by atoms with Crippen LogP contribution in [0, 0.1) is 19.7 Å². The highest BCUT2D eigenvalue weighted by Gasteiger charge is 2.44. The molecule has 2 aliphatic rings. The lowest BCUT2D eigenvalue weighted by molar-refractivity contribution is -0.136. The Morgan fingerprint density at radius 1 is 0.821 bits per heavy atom. The Balaban J connectivity index is 0.790. The molecule has 0 saturated carbocycles. The maximum Gasteiger partial charge on any atom is 0.262 e. The van der Waals surface area contributed by atoms with Crippen LogP contribution in [-0.4, -0.2) is 67.5 Å². The van der Waals surface area contributed by atoms with Gasteiger partial charge in [0.15, 0.2) is 11.6 Å². The minimum Gasteiger partial charge on any atom is -0.493 e. The zero-order valence-corrected chi connectivity index (χ0v) is 37.4. The highest BCUT2D eigenvalue weighted by molar-refractivity contribution is 6.24. The van der Waals surface area contributed by atoms with E-state index in [0.717, 1.165) is 54.2 Å². The molecule has 344 valence electrons. The van der Waals surface area contributed by atoms with E-state index in [-0.39, 0.29) is 59.2 Å². The number of aromatic nitrogens is 3. The van der Waals surface area contributed by atoms with Gasteiger partial charge in [0.2, 0.25) is 29.0 Å². The molecule has 4 heterocycles. The van der Waals surface area contributed by atoms with Crippen LogP contribution in [0.5, 0.6) is 17.4 Å². The van der Waals surface area contributed by atoms with Crippen LogP contribution in [0.2, 0.25) is 0 Å². The largest absolute Gasteiger partial charge is 0.493 e. The fourth-order valence-corrected chi connectivity index (χ4v) is 8.43. The quantitative estimate of drug-likeness (QED) is 0.0636. The molecule has 6 aromatic rings. The van der Waals surface area contributed by atoms with E-state index in [1.807, 2.05) is 32.0 Å². The number of hydrogen-bond donors (Lipinski definition) is 3. The van der Waals surface area contributed by atoms with Crippen LogP contribution < -0.4 is 30.9 Å². The number of pyridine rings is 1. The summed E-state index contributed by atoms with van der Waals surface area (Å²) in [5, 5.41) is 8.60. The highest BCUT2D eigenvalue weighted by Crippen LogP contribution is 2.34. The zero-order valence-electron chi connectivity index (χ0n) is 37.4. The fourth-order valence-electron chi connectivity index (χ4n) is 8.43. The molecule has 2 aliphatic heterocycles. The standard InChI is InChI=1S/C50H48FN7O9/c1-5-29-12-16-38-35(22-29)45(61)44(28(3)57(38)4)47(63)55-31-14-18-40(36(51)24-31)67-48-34-21-27(2)41(25-37(34)52-26-53-48)66-20-10-8-6-7-9-11-42(59)54-30-13-15-32-33(23-30)50(65)58(49(32)64)39-17-19-43(60)56-46(39)62/h12-16,18,21-26,39H,5-11,17,19-20H2,1-4H3,(H,54,59)(H,55,63)(H,56,60,62). The first-order valence-corrected chi connectivity index (χ1v) is 22.2. The lowest BCUT2D eigenvalue weighted by Crippen LogP contribution is -2.54. The normalized spacial score (nSPS) is 14.6. The van der Waals surface area contributed by atoms with Gasteiger partial charge in [-0.1, -0.05) is 32.3 Å². The van der Waals surface area contributed by atoms with Gasteiger partial charge in [0.25, 0.3) is 17.7 Å². The van der Waals surface area contributed by atoms with Crippen molar-refractivity contribution in [3.63, 3.8) is 0 Å². The number of halogens is 1. The van der Waals surface area contributed by atoms with Crippen molar-refractivity contribution in [2.24, 2.45) is 7.05 Å². The third kappa shape index (κ3) is 9.48. The fraction of sp³-hybridized carbons (Fsp3) is 0.300. The molecule has 0 bridgehead atoms. The molecule has 1 fully saturated rings. The number of benzene rings is 4. The van der Waals surface area contributed by atoms with E-state index in [4.69, 9.17) is 9.47 Å². The van der Waals surface area contributed by atoms with Crippen molar-refractivity contribution in [3.05, 3.63) is 123 Å². The van der Waals surface area contributed by atoms with Crippen LogP contribution in [0.3, 0.4) is 0 Å². The summed E-state index contributed by atoms with van der Waals surface area (Å²) in [4.78, 5) is 99.1. The van der Waals surface area contributed by atoms with Gasteiger partial charge in [-0.2, -0.15) is 0 Å². The van der Waals surface area contributed by atoms with Crippen LogP contribution in [0.4, 0.5) is 15.8 Å². The Morgan fingerprint density at radius 2 is 1.57 bits per heavy atom. The molecular weight excluding hydrogens is 862 g/mol. The second-order valence-electron chi connectivity index (χ2n) is 16.7. The maximum absolute atomic E-state index is 15.5. The highest BCUT2D eigenvalue weighted by atomic mass is 19.1. The second-order valence-corrected chi connectivity index (χ2v) is 16.7. The van der Waals surface area contributed by atoms with Crippen molar-refractivity contribution < 1.29 is 42.6 Å². The second kappa shape index (κ2) is 19.3. The van der Waals surface area contributed by atoms with Gasteiger partial charge < -0.3 is 24.7 Å². The van der Waals surface area contributed by atoms with Crippen molar-refractivity contribution in [1.82, 2.24) is 24.8 Å². The van der Waals surface area contributed by atoms with Crippen LogP contribution in [-0.2, 0) is 27.9 Å². The molecule has 4 aromatic carbocycles. The first-order valence-electron chi connectivity index (χ1n) is 22.2. The number of amides is 6. The van der Waals surface area contributed by atoms with E-state index >= 15 is 4.39 Å². The molecule has 0 aliphatic carbocycles. The summed E-state index contributed by atoms with van der Waals surface area (Å²) in [5.41, 5.74) is 3.82. The van der Waals surface area contributed by atoms with Crippen LogP contribution >= 0.6 is 0 Å². The molecule has 6 amide bonds. The van der Waals surface area contributed by atoms with Gasteiger partial charge in [-0.05, 0) is 99.2 Å². The number of rotatable bonds is 16. The molecule has 1 unspecified atom stereocenters. The first kappa shape index (κ1) is 45.7. The van der Waals surface area contributed by atoms with E-state index in [1.165, 1.54) is 30.6 Å². The molecule has 2 aromatic heterocycles. The Labute approximate surface area is 383 Å². The monoisotopic (exact) mass is 909 g/mol. The lowest BCUT2D eigenvalue weighted by atomic mass is 10.0. The van der Waals surface area contributed by atoms with E-state index in [9.17, 15) is 33.6 Å². The molecule has 67 heavy (non-hydrogen) atoms. The number of aryl methyl sites for hydroxylation is 3. The smallest absolute Gasteiger partial charge is 0.262 e. The number of carbonyl (C=O) groups is 6. The van der Waals surface area contributed by atoms with E-state index in [2.05, 4.69) is 25.9 Å². The van der Waals surface area contributed by atoms with E-state index < -0.39 is 46.8 Å². The van der Waals surface area contributed by atoms with Gasteiger partial charge in [0.1, 0.15) is 23.7 Å². The van der Waals surface area contributed by atoms with Crippen LogP contribution in [0.15, 0.2) is 77.9 Å². The van der Waals surface area contributed by atoms with Crippen molar-refractivity contribution in [2.45, 2.75) is 84.6 Å². The molecule has 16 nitrogen and oxygen atoms in total. The maximum atomic E-state index is 15.5. The molecule has 8 rings (SSSR count). The molecule has 0 spiro atoms. The first-order chi connectivity index (χ1) is 32.2. The van der Waals surface area contributed by atoms with Crippen molar-refractivity contribution in [2.75, 3.05) is 17.2 Å². The van der Waals surface area contributed by atoms with Gasteiger partial charge >= 0.3 is 0 Å². The average molecular weight is 910 g/mol. The summed E-state index contributed by atoms with van der Waals surface area (Å²) in [7, 11) is 1.79. The Kier molecular flexibility index (Phi) is 13.2. The number of nitrogens with zero attached hydrogens (tertiary/aromatic N) is 4. The average Bonchev–Trinajstić information content (AvgIpc) is 3.54. The number of ether oxygens (including phenoxy) is 2. The molecular formula is C50H48FN7O9. The summed E-state index contributed by atoms with van der Waals surface area (Å²) >= 11 is 0. The number of hydrogen-bond acceptors (Lipinski definition) is 11. The van der Waals surface area contributed by atoms with E-state index in [0.29, 0.717) is 52.0 Å². The van der Waals surface area contributed by atoms with Crippen LogP contribution in [0.25, 0.3) is 21.8 Å². The minimum atomic E-state index is -1.07. The van der Waals surface area contributed by atoms with Crippen molar-refractivity contribution >= 4 is 68.6 Å². The van der Waals surface area contributed by atoms with E-state index in [1.54, 1.807) is 36.7 Å². The topological polar surface area (TPSA) is 208 Å². The number of anilines is 2. The number of unbranched alkanes of at least 4 members (excludes halogenated alkanes) is 4. The Bertz CT molecular complexity index is 3090. The van der Waals surface area contributed by atoms with Crippen molar-refractivity contribution in [1.29, 1.82) is 0 Å². The van der Waals surface area contributed by atoms with Crippen LogP contribution in [0.1, 0.15) is 106 Å². The third-order valence-electron chi connectivity index (χ3n) is 12.2. The molecule has 0 radical (unpaired) electrons. The van der Waals surface area contributed by atoms with Gasteiger partial charge in [-0.15, -0.1) is 0 Å². The van der Waals surface area contributed by atoms with Gasteiger partial charge in [-0.3, -0.25) is 43.8 Å². The third-order valence-corrected chi connectivity index (χ3v) is 12.2. The number of carbonyl (C=O) groups excluding carboxylic acids is 6. The van der Waals surface area contributed by atoms with Gasteiger partial charge in [0.05, 0.1) is 34.2 Å². The Morgan fingerprint density at radius 3 is 2.34 bits per heavy atom. The Hall–Kier alpha value is -7.82. The molecule has 3 N–H and O–H groups in total. The number of nitrogens with one attached hydrogen (secondary N) is 3. The summed E-state index contributed by atoms with van der Waals surface area (Å²) in [6.07, 6.45) is 6.36. The predicted octanol–water partition coefficient (Wildman–Crippen LogP) is 7.60. The SMILES string of the molecule is CCc1ccc2c(c1)c(=O)c(C(=O)Nc1ccc(Oc3ncnc4cc(OCCCCCCCC(=O)Nc5ccc6c(c5)C(=O)N(C5CCC(=O)NC5=O)C6=O)c(C)cc34)c(F)c1)c(C)n2C. The number of fused-ring (bicyclic) bond motifs is 3. The zero-order chi connectivity index (χ0) is 47.5. The van der Waals surface area contributed by atoms with Gasteiger partial charge in [0, 0.05) is 54.5 Å². The van der Waals surface area contributed by atoms with Gasteiger partial charge in [-0.25, -0.2) is 14.4 Å². The summed E-state index contributed by atoms with van der Waals surface area (Å²) in [5.74, 6) is -3.40. The summed E-state index contributed by atoms with van der Waals surface area (Å²) in [6, 6.07) is 16.6. The molecule has 1 atom stereocenters. The summed E-state index contributed by atoms with van der Waals surface area (Å²) in [6.45, 7) is 6.01. The summed E-state index contributed by atoms with van der Waals surface area (Å²) < 4.78 is 29.3. The molecule has 17 heteroatoms. The number of piperidine rings is 1. The lowest BCUT2D eigenvalue weighted by Gasteiger charge is -2.27. The predicted molar refractivity (Wildman–Crippen MR) is 247 cm³/mol. The minimum absolute atomic E-state index is 0.0208. The number of imide groups is 2. The van der Waals surface area contributed by atoms with Crippen molar-refractivity contribution in [3.8, 4) is 17.4 Å².